The Kier molecular flexibility index (Phi) is 4.95. The SMILES string of the molecule is CN(N=Cc1ccc(Oc2ccc(F)cc2)c(Cl)c1)C(N)=O. The van der Waals surface area contributed by atoms with E-state index in [4.69, 9.17) is 22.1 Å². The molecule has 2 rings (SSSR count). The fourth-order valence-electron chi connectivity index (χ4n) is 1.52. The van der Waals surface area contributed by atoms with Gasteiger partial charge in [0.25, 0.3) is 0 Å². The molecule has 2 aromatic carbocycles. The first-order valence-electron chi connectivity index (χ1n) is 6.26. The fraction of sp³-hybridized carbons (Fsp3) is 0.0667. The lowest BCUT2D eigenvalue weighted by Crippen LogP contribution is -2.27. The van der Waals surface area contributed by atoms with Crippen LogP contribution in [0.1, 0.15) is 5.56 Å². The fourth-order valence-corrected chi connectivity index (χ4v) is 1.75. The molecule has 0 aliphatic carbocycles. The van der Waals surface area contributed by atoms with Gasteiger partial charge in [0, 0.05) is 7.05 Å². The number of hydrogen-bond donors (Lipinski definition) is 1. The normalized spacial score (nSPS) is 10.7. The van der Waals surface area contributed by atoms with Crippen molar-refractivity contribution < 1.29 is 13.9 Å². The number of halogens is 2. The number of hydrogen-bond acceptors (Lipinski definition) is 3. The molecule has 0 saturated heterocycles. The highest BCUT2D eigenvalue weighted by molar-refractivity contribution is 6.32. The van der Waals surface area contributed by atoms with Gasteiger partial charge in [0.2, 0.25) is 0 Å². The molecule has 2 N–H and O–H groups in total. The van der Waals surface area contributed by atoms with Gasteiger partial charge in [0.1, 0.15) is 17.3 Å². The summed E-state index contributed by atoms with van der Waals surface area (Å²) in [5, 5.41) is 5.20. The molecule has 0 fully saturated rings. The molecular formula is C15H13ClFN3O2. The Morgan fingerprint density at radius 2 is 2.00 bits per heavy atom. The molecule has 0 aliphatic rings. The second kappa shape index (κ2) is 6.91. The Morgan fingerprint density at radius 3 is 2.59 bits per heavy atom. The average molecular weight is 322 g/mol. The topological polar surface area (TPSA) is 67.9 Å². The Hall–Kier alpha value is -2.60. The summed E-state index contributed by atoms with van der Waals surface area (Å²) in [6.45, 7) is 0. The van der Waals surface area contributed by atoms with Crippen LogP contribution in [0.15, 0.2) is 47.6 Å². The van der Waals surface area contributed by atoms with E-state index in [2.05, 4.69) is 5.10 Å². The van der Waals surface area contributed by atoms with Crippen LogP contribution in [0.3, 0.4) is 0 Å². The first-order chi connectivity index (χ1) is 10.5. The highest BCUT2D eigenvalue weighted by atomic mass is 35.5. The number of carbonyl (C=O) groups excluding carboxylic acids is 1. The van der Waals surface area contributed by atoms with E-state index in [1.54, 1.807) is 18.2 Å². The summed E-state index contributed by atoms with van der Waals surface area (Å²) < 4.78 is 18.4. The first kappa shape index (κ1) is 15.8. The highest BCUT2D eigenvalue weighted by Crippen LogP contribution is 2.29. The zero-order valence-corrected chi connectivity index (χ0v) is 12.4. The van der Waals surface area contributed by atoms with Crippen molar-refractivity contribution in [3.63, 3.8) is 0 Å². The molecule has 0 aromatic heterocycles. The number of carbonyl (C=O) groups is 1. The minimum Gasteiger partial charge on any atom is -0.456 e. The second-order valence-electron chi connectivity index (χ2n) is 4.35. The van der Waals surface area contributed by atoms with E-state index in [0.717, 1.165) is 5.01 Å². The molecule has 0 aliphatic heterocycles. The zero-order chi connectivity index (χ0) is 16.1. The molecule has 2 amide bonds. The van der Waals surface area contributed by atoms with Crippen LogP contribution >= 0.6 is 11.6 Å². The largest absolute Gasteiger partial charge is 0.456 e. The van der Waals surface area contributed by atoms with Gasteiger partial charge in [-0.15, -0.1) is 0 Å². The summed E-state index contributed by atoms with van der Waals surface area (Å²) in [7, 11) is 1.44. The van der Waals surface area contributed by atoms with Gasteiger partial charge in [-0.25, -0.2) is 14.2 Å². The minimum atomic E-state index is -0.668. The van der Waals surface area contributed by atoms with E-state index in [9.17, 15) is 9.18 Å². The number of urea groups is 1. The van der Waals surface area contributed by atoms with Gasteiger partial charge in [-0.05, 0) is 48.0 Å². The summed E-state index contributed by atoms with van der Waals surface area (Å²) in [6, 6.07) is 9.91. The summed E-state index contributed by atoms with van der Waals surface area (Å²) >= 11 is 6.12. The van der Waals surface area contributed by atoms with Gasteiger partial charge in [-0.3, -0.25) is 0 Å². The van der Waals surface area contributed by atoms with Crippen molar-refractivity contribution in [1.82, 2.24) is 5.01 Å². The van der Waals surface area contributed by atoms with E-state index in [1.165, 1.54) is 37.5 Å². The minimum absolute atomic E-state index is 0.344. The molecule has 22 heavy (non-hydrogen) atoms. The Labute approximate surface area is 131 Å². The summed E-state index contributed by atoms with van der Waals surface area (Å²) in [5.41, 5.74) is 5.72. The number of hydrazone groups is 1. The molecule has 0 spiro atoms. The molecular weight excluding hydrogens is 309 g/mol. The van der Waals surface area contributed by atoms with Crippen molar-refractivity contribution in [3.8, 4) is 11.5 Å². The van der Waals surface area contributed by atoms with E-state index in [-0.39, 0.29) is 5.82 Å². The van der Waals surface area contributed by atoms with Gasteiger partial charge >= 0.3 is 6.03 Å². The Balaban J connectivity index is 2.12. The van der Waals surface area contributed by atoms with Crippen LogP contribution in [-0.4, -0.2) is 24.3 Å². The van der Waals surface area contributed by atoms with E-state index in [1.807, 2.05) is 0 Å². The molecule has 5 nitrogen and oxygen atoms in total. The van der Waals surface area contributed by atoms with Gasteiger partial charge < -0.3 is 10.5 Å². The van der Waals surface area contributed by atoms with E-state index in [0.29, 0.717) is 22.1 Å². The molecule has 0 atom stereocenters. The molecule has 0 saturated carbocycles. The molecule has 2 aromatic rings. The van der Waals surface area contributed by atoms with Crippen LogP contribution in [0.25, 0.3) is 0 Å². The van der Waals surface area contributed by atoms with Crippen LogP contribution in [0.2, 0.25) is 5.02 Å². The van der Waals surface area contributed by atoms with Gasteiger partial charge in [-0.1, -0.05) is 11.6 Å². The average Bonchev–Trinajstić information content (AvgIpc) is 2.49. The van der Waals surface area contributed by atoms with Gasteiger partial charge in [0.15, 0.2) is 0 Å². The molecule has 114 valence electrons. The second-order valence-corrected chi connectivity index (χ2v) is 4.76. The highest BCUT2D eigenvalue weighted by Gasteiger charge is 2.05. The molecule has 0 radical (unpaired) electrons. The predicted molar refractivity (Wildman–Crippen MR) is 82.9 cm³/mol. The van der Waals surface area contributed by atoms with Gasteiger partial charge in [0.05, 0.1) is 11.2 Å². The standard InChI is InChI=1S/C15H13ClFN3O2/c1-20(15(18)21)19-9-10-2-7-14(13(16)8-10)22-12-5-3-11(17)4-6-12/h2-9H,1H3,(H2,18,21). The number of rotatable bonds is 4. The molecule has 0 unspecified atom stereocenters. The lowest BCUT2D eigenvalue weighted by molar-refractivity contribution is 0.220. The maximum absolute atomic E-state index is 12.8. The first-order valence-corrected chi connectivity index (χ1v) is 6.63. The van der Waals surface area contributed by atoms with Crippen LogP contribution in [0, 0.1) is 5.82 Å². The number of nitrogens with zero attached hydrogens (tertiary/aromatic N) is 2. The lowest BCUT2D eigenvalue weighted by Gasteiger charge is -2.09. The van der Waals surface area contributed by atoms with Crippen LogP contribution in [-0.2, 0) is 0 Å². The van der Waals surface area contributed by atoms with E-state index < -0.39 is 6.03 Å². The van der Waals surface area contributed by atoms with Gasteiger partial charge in [-0.2, -0.15) is 5.10 Å². The number of primary amides is 1. The maximum atomic E-state index is 12.8. The molecule has 0 bridgehead atoms. The number of nitrogens with two attached hydrogens (primary N) is 1. The van der Waals surface area contributed by atoms with Crippen molar-refractivity contribution >= 4 is 23.8 Å². The predicted octanol–water partition coefficient (Wildman–Crippen LogP) is 3.62. The van der Waals surface area contributed by atoms with Crippen LogP contribution < -0.4 is 10.5 Å². The monoisotopic (exact) mass is 321 g/mol. The third-order valence-electron chi connectivity index (χ3n) is 2.70. The Bertz CT molecular complexity index is 704. The third-order valence-corrected chi connectivity index (χ3v) is 2.99. The van der Waals surface area contributed by atoms with E-state index >= 15 is 0 Å². The molecule has 7 heteroatoms. The lowest BCUT2D eigenvalue weighted by atomic mass is 10.2. The number of benzene rings is 2. The molecule has 0 heterocycles. The smallest absolute Gasteiger partial charge is 0.334 e. The third kappa shape index (κ3) is 4.20. The maximum Gasteiger partial charge on any atom is 0.334 e. The Morgan fingerprint density at radius 1 is 1.32 bits per heavy atom. The van der Waals surface area contributed by atoms with Crippen LogP contribution in [0.4, 0.5) is 9.18 Å². The van der Waals surface area contributed by atoms with Crippen molar-refractivity contribution in [2.75, 3.05) is 7.05 Å². The quantitative estimate of drug-likeness (QED) is 0.690. The summed E-state index contributed by atoms with van der Waals surface area (Å²) in [6.07, 6.45) is 1.44. The van der Waals surface area contributed by atoms with Crippen molar-refractivity contribution in [3.05, 3.63) is 58.9 Å². The van der Waals surface area contributed by atoms with Crippen molar-refractivity contribution in [2.24, 2.45) is 10.8 Å². The summed E-state index contributed by atoms with van der Waals surface area (Å²) in [5.74, 6) is 0.551. The van der Waals surface area contributed by atoms with Crippen molar-refractivity contribution in [1.29, 1.82) is 0 Å². The summed E-state index contributed by atoms with van der Waals surface area (Å²) in [4.78, 5) is 10.8. The zero-order valence-electron chi connectivity index (χ0n) is 11.7. The number of ether oxygens (including phenoxy) is 1. The number of amides is 2. The van der Waals surface area contributed by atoms with Crippen LogP contribution in [0.5, 0.6) is 11.5 Å². The van der Waals surface area contributed by atoms with Crippen molar-refractivity contribution in [2.45, 2.75) is 0 Å².